The molecule has 1 aromatic heterocycles. The highest BCUT2D eigenvalue weighted by molar-refractivity contribution is 7.94. The highest BCUT2D eigenvalue weighted by Crippen LogP contribution is 2.20. The molecule has 3 aromatic rings. The summed E-state index contributed by atoms with van der Waals surface area (Å²) < 4.78 is 27.2. The number of rotatable bonds is 8. The quantitative estimate of drug-likeness (QED) is 0.591. The Balaban J connectivity index is 1.52. The fourth-order valence-corrected chi connectivity index (χ4v) is 4.61. The van der Waals surface area contributed by atoms with Gasteiger partial charge in [-0.3, -0.25) is 9.52 Å². The zero-order valence-electron chi connectivity index (χ0n) is 15.3. The first-order chi connectivity index (χ1) is 13.5. The smallest absolute Gasteiger partial charge is 0.271 e. The molecule has 8 heteroatoms. The van der Waals surface area contributed by atoms with Crippen molar-refractivity contribution in [3.63, 3.8) is 0 Å². The molecule has 0 saturated heterocycles. The van der Waals surface area contributed by atoms with E-state index in [0.717, 1.165) is 17.0 Å². The van der Waals surface area contributed by atoms with Crippen molar-refractivity contribution in [2.24, 2.45) is 0 Å². The summed E-state index contributed by atoms with van der Waals surface area (Å²) in [6.45, 7) is 1.17. The van der Waals surface area contributed by atoms with Crippen LogP contribution < -0.4 is 14.9 Å². The summed E-state index contributed by atoms with van der Waals surface area (Å²) >= 11 is 1.15. The van der Waals surface area contributed by atoms with Gasteiger partial charge < -0.3 is 10.2 Å². The van der Waals surface area contributed by atoms with Crippen molar-refractivity contribution in [2.45, 2.75) is 4.21 Å². The number of hydrogen-bond donors (Lipinski definition) is 2. The van der Waals surface area contributed by atoms with Gasteiger partial charge in [-0.1, -0.05) is 24.3 Å². The number of nitrogens with one attached hydrogen (secondary N) is 2. The average Bonchev–Trinajstić information content (AvgIpc) is 3.25. The number of para-hydroxylation sites is 1. The van der Waals surface area contributed by atoms with Crippen molar-refractivity contribution in [3.8, 4) is 0 Å². The molecule has 0 spiro atoms. The van der Waals surface area contributed by atoms with Gasteiger partial charge in [0.05, 0.1) is 0 Å². The number of anilines is 2. The van der Waals surface area contributed by atoms with Gasteiger partial charge in [-0.05, 0) is 47.8 Å². The predicted molar refractivity (Wildman–Crippen MR) is 114 cm³/mol. The van der Waals surface area contributed by atoms with Crippen LogP contribution in [0.15, 0.2) is 76.3 Å². The molecular formula is C20H21N3O3S2. The fourth-order valence-electron chi connectivity index (χ4n) is 2.56. The second kappa shape index (κ2) is 8.90. The van der Waals surface area contributed by atoms with Crippen molar-refractivity contribution >= 4 is 38.6 Å². The van der Waals surface area contributed by atoms with E-state index in [-0.39, 0.29) is 10.1 Å². The van der Waals surface area contributed by atoms with Crippen molar-refractivity contribution < 1.29 is 13.2 Å². The average molecular weight is 416 g/mol. The van der Waals surface area contributed by atoms with E-state index in [1.165, 1.54) is 0 Å². The number of likely N-dealkylation sites (N-methyl/N-ethyl adjacent to an activating group) is 1. The summed E-state index contributed by atoms with van der Waals surface area (Å²) in [4.78, 5) is 14.3. The standard InChI is InChI=1S/C20H21N3O3S2/c1-23(18-6-3-2-4-7-18)14-13-21-20(24)16-9-11-17(12-10-16)22-28(25,26)19-8-5-15-27-19/h2-12,15,22H,13-14H2,1H3,(H,21,24). The van der Waals surface area contributed by atoms with Gasteiger partial charge in [0.15, 0.2) is 0 Å². The molecule has 0 atom stereocenters. The largest absolute Gasteiger partial charge is 0.373 e. The van der Waals surface area contributed by atoms with Gasteiger partial charge in [-0.2, -0.15) is 0 Å². The maximum absolute atomic E-state index is 12.3. The molecule has 146 valence electrons. The van der Waals surface area contributed by atoms with Crippen LogP contribution in [0.3, 0.4) is 0 Å². The molecule has 6 nitrogen and oxygen atoms in total. The van der Waals surface area contributed by atoms with E-state index in [2.05, 4.69) is 14.9 Å². The minimum Gasteiger partial charge on any atom is -0.373 e. The Hall–Kier alpha value is -2.84. The Morgan fingerprint density at radius 3 is 2.36 bits per heavy atom. The molecule has 2 N–H and O–H groups in total. The summed E-state index contributed by atoms with van der Waals surface area (Å²) in [6.07, 6.45) is 0. The molecule has 3 rings (SSSR count). The van der Waals surface area contributed by atoms with Crippen LogP contribution in [0.25, 0.3) is 0 Å². The molecule has 2 aromatic carbocycles. The summed E-state index contributed by atoms with van der Waals surface area (Å²) in [5.41, 5.74) is 1.97. The van der Waals surface area contributed by atoms with E-state index < -0.39 is 10.0 Å². The van der Waals surface area contributed by atoms with Crippen molar-refractivity contribution in [2.75, 3.05) is 29.8 Å². The van der Waals surface area contributed by atoms with Crippen LogP contribution in [-0.2, 0) is 10.0 Å². The minimum atomic E-state index is -3.59. The van der Waals surface area contributed by atoms with Crippen molar-refractivity contribution in [3.05, 3.63) is 77.7 Å². The normalized spacial score (nSPS) is 11.0. The summed E-state index contributed by atoms with van der Waals surface area (Å²) in [5.74, 6) is -0.200. The van der Waals surface area contributed by atoms with E-state index in [1.54, 1.807) is 41.8 Å². The Kier molecular flexibility index (Phi) is 6.33. The van der Waals surface area contributed by atoms with Gasteiger partial charge in [-0.15, -0.1) is 11.3 Å². The third-order valence-electron chi connectivity index (χ3n) is 4.09. The second-order valence-corrected chi connectivity index (χ2v) is 8.98. The zero-order chi connectivity index (χ0) is 20.0. The predicted octanol–water partition coefficient (Wildman–Crippen LogP) is 3.42. The van der Waals surface area contributed by atoms with Crippen molar-refractivity contribution in [1.29, 1.82) is 0 Å². The van der Waals surface area contributed by atoms with Crippen LogP contribution in [0.5, 0.6) is 0 Å². The summed E-state index contributed by atoms with van der Waals surface area (Å²) in [5, 5.41) is 4.58. The van der Waals surface area contributed by atoms with Crippen molar-refractivity contribution in [1.82, 2.24) is 5.32 Å². The zero-order valence-corrected chi connectivity index (χ0v) is 17.0. The van der Waals surface area contributed by atoms with Crippen LogP contribution >= 0.6 is 11.3 Å². The molecule has 0 unspecified atom stereocenters. The lowest BCUT2D eigenvalue weighted by Gasteiger charge is -2.19. The maximum atomic E-state index is 12.3. The lowest BCUT2D eigenvalue weighted by molar-refractivity contribution is 0.0955. The van der Waals surface area contributed by atoms with Crippen LogP contribution in [0.1, 0.15) is 10.4 Å². The minimum absolute atomic E-state index is 0.200. The monoisotopic (exact) mass is 415 g/mol. The van der Waals surface area contributed by atoms with Gasteiger partial charge in [-0.25, -0.2) is 8.42 Å². The number of nitrogens with zero attached hydrogens (tertiary/aromatic N) is 1. The second-order valence-electron chi connectivity index (χ2n) is 6.13. The molecule has 0 aliphatic carbocycles. The lowest BCUT2D eigenvalue weighted by Crippen LogP contribution is -2.32. The Morgan fingerprint density at radius 1 is 1.00 bits per heavy atom. The Bertz CT molecular complexity index is 1000. The third-order valence-corrected chi connectivity index (χ3v) is 6.87. The number of hydrogen-bond acceptors (Lipinski definition) is 5. The molecule has 0 saturated carbocycles. The topological polar surface area (TPSA) is 78.5 Å². The number of carbonyl (C=O) groups excluding carboxylic acids is 1. The summed E-state index contributed by atoms with van der Waals surface area (Å²) in [7, 11) is -1.62. The number of thiophene rings is 1. The van der Waals surface area contributed by atoms with Gasteiger partial charge in [0, 0.05) is 37.1 Å². The first kappa shape index (κ1) is 19.9. The van der Waals surface area contributed by atoms with Gasteiger partial charge >= 0.3 is 0 Å². The number of carbonyl (C=O) groups is 1. The van der Waals surface area contributed by atoms with Gasteiger partial charge in [0.25, 0.3) is 15.9 Å². The lowest BCUT2D eigenvalue weighted by atomic mass is 10.2. The van der Waals surface area contributed by atoms with E-state index >= 15 is 0 Å². The molecular weight excluding hydrogens is 394 g/mol. The molecule has 0 radical (unpaired) electrons. The van der Waals surface area contributed by atoms with E-state index in [0.29, 0.717) is 24.3 Å². The van der Waals surface area contributed by atoms with Crippen LogP contribution in [-0.4, -0.2) is 34.5 Å². The number of sulfonamides is 1. The molecule has 0 aliphatic rings. The molecule has 0 bridgehead atoms. The first-order valence-electron chi connectivity index (χ1n) is 8.66. The van der Waals surface area contributed by atoms with E-state index in [4.69, 9.17) is 0 Å². The first-order valence-corrected chi connectivity index (χ1v) is 11.0. The Labute approximate surface area is 168 Å². The van der Waals surface area contributed by atoms with Gasteiger partial charge in [0.1, 0.15) is 4.21 Å². The molecule has 1 heterocycles. The maximum Gasteiger partial charge on any atom is 0.271 e. The van der Waals surface area contributed by atoms with Crippen LogP contribution in [0, 0.1) is 0 Å². The Morgan fingerprint density at radius 2 is 1.71 bits per heavy atom. The highest BCUT2D eigenvalue weighted by Gasteiger charge is 2.15. The molecule has 1 amide bonds. The molecule has 28 heavy (non-hydrogen) atoms. The van der Waals surface area contributed by atoms with Crippen LogP contribution in [0.2, 0.25) is 0 Å². The number of amides is 1. The van der Waals surface area contributed by atoms with Gasteiger partial charge in [0.2, 0.25) is 0 Å². The summed E-state index contributed by atoms with van der Waals surface area (Å²) in [6, 6.07) is 19.5. The fraction of sp³-hybridized carbons (Fsp3) is 0.150. The highest BCUT2D eigenvalue weighted by atomic mass is 32.2. The third kappa shape index (κ3) is 5.11. The van der Waals surface area contributed by atoms with Crippen LogP contribution in [0.4, 0.5) is 11.4 Å². The van der Waals surface area contributed by atoms with E-state index in [9.17, 15) is 13.2 Å². The SMILES string of the molecule is CN(CCNC(=O)c1ccc(NS(=O)(=O)c2cccs2)cc1)c1ccccc1. The number of benzene rings is 2. The molecule has 0 aliphatic heterocycles. The molecule has 0 fully saturated rings. The van der Waals surface area contributed by atoms with E-state index in [1.807, 2.05) is 37.4 Å².